The average molecular weight is 215 g/mol. The standard InChI is InChI=1S/C14H17NO/c1-14(2)10-12(13(16)15(14)3)9-11-7-5-4-6-8-11/h4-9H,10H2,1-3H3/b12-9+. The van der Waals surface area contributed by atoms with E-state index in [0.717, 1.165) is 17.6 Å². The molecule has 2 heteroatoms. The van der Waals surface area contributed by atoms with Crippen molar-refractivity contribution in [1.29, 1.82) is 0 Å². The number of benzene rings is 1. The molecule has 84 valence electrons. The maximum absolute atomic E-state index is 12.0. The van der Waals surface area contributed by atoms with Crippen molar-refractivity contribution in [1.82, 2.24) is 4.90 Å². The molecule has 1 heterocycles. The predicted molar refractivity (Wildman–Crippen MR) is 65.9 cm³/mol. The Morgan fingerprint density at radius 3 is 2.38 bits per heavy atom. The number of hydrogen-bond donors (Lipinski definition) is 0. The van der Waals surface area contributed by atoms with Crippen molar-refractivity contribution in [2.75, 3.05) is 7.05 Å². The molecular weight excluding hydrogens is 198 g/mol. The summed E-state index contributed by atoms with van der Waals surface area (Å²) in [6, 6.07) is 9.99. The van der Waals surface area contributed by atoms with Gasteiger partial charge in [-0.25, -0.2) is 0 Å². The van der Waals surface area contributed by atoms with Crippen LogP contribution >= 0.6 is 0 Å². The average Bonchev–Trinajstić information content (AvgIpc) is 2.44. The second kappa shape index (κ2) is 3.78. The Morgan fingerprint density at radius 2 is 1.88 bits per heavy atom. The summed E-state index contributed by atoms with van der Waals surface area (Å²) < 4.78 is 0. The van der Waals surface area contributed by atoms with Crippen LogP contribution in [0.5, 0.6) is 0 Å². The summed E-state index contributed by atoms with van der Waals surface area (Å²) >= 11 is 0. The highest BCUT2D eigenvalue weighted by atomic mass is 16.2. The second-order valence-corrected chi connectivity index (χ2v) is 4.93. The van der Waals surface area contributed by atoms with E-state index in [1.165, 1.54) is 0 Å². The number of carbonyl (C=O) groups is 1. The first-order chi connectivity index (χ1) is 7.50. The van der Waals surface area contributed by atoms with Gasteiger partial charge < -0.3 is 4.90 Å². The SMILES string of the molecule is CN1C(=O)/C(=C/c2ccccc2)CC1(C)C. The minimum Gasteiger partial charge on any atom is -0.337 e. The number of likely N-dealkylation sites (tertiary alicyclic amines) is 1. The van der Waals surface area contributed by atoms with Crippen LogP contribution in [-0.2, 0) is 4.79 Å². The van der Waals surface area contributed by atoms with E-state index in [1.807, 2.05) is 48.4 Å². The van der Waals surface area contributed by atoms with Crippen LogP contribution in [0.4, 0.5) is 0 Å². The highest BCUT2D eigenvalue weighted by Crippen LogP contribution is 2.32. The lowest BCUT2D eigenvalue weighted by Gasteiger charge is -2.26. The molecule has 1 aromatic carbocycles. The summed E-state index contributed by atoms with van der Waals surface area (Å²) in [5.41, 5.74) is 1.94. The lowest BCUT2D eigenvalue weighted by Crippen LogP contribution is -2.37. The van der Waals surface area contributed by atoms with Crippen LogP contribution in [0.3, 0.4) is 0 Å². The van der Waals surface area contributed by atoms with Gasteiger partial charge in [-0.1, -0.05) is 30.3 Å². The van der Waals surface area contributed by atoms with Crippen molar-refractivity contribution in [2.24, 2.45) is 0 Å². The fraction of sp³-hybridized carbons (Fsp3) is 0.357. The van der Waals surface area contributed by atoms with Gasteiger partial charge in [0.05, 0.1) is 0 Å². The fourth-order valence-corrected chi connectivity index (χ4v) is 2.01. The molecule has 0 atom stereocenters. The Hall–Kier alpha value is -1.57. The summed E-state index contributed by atoms with van der Waals surface area (Å²) in [6.07, 6.45) is 2.81. The lowest BCUT2D eigenvalue weighted by atomic mass is 9.99. The summed E-state index contributed by atoms with van der Waals surface area (Å²) in [7, 11) is 1.87. The van der Waals surface area contributed by atoms with E-state index in [9.17, 15) is 4.79 Å². The molecule has 1 aliphatic heterocycles. The minimum absolute atomic E-state index is 0.0578. The summed E-state index contributed by atoms with van der Waals surface area (Å²) in [5.74, 6) is 0.147. The highest BCUT2D eigenvalue weighted by Gasteiger charge is 2.38. The third-order valence-corrected chi connectivity index (χ3v) is 3.25. The predicted octanol–water partition coefficient (Wildman–Crippen LogP) is 2.71. The normalized spacial score (nSPS) is 21.8. The largest absolute Gasteiger partial charge is 0.337 e. The first-order valence-corrected chi connectivity index (χ1v) is 5.54. The van der Waals surface area contributed by atoms with Crippen molar-refractivity contribution in [2.45, 2.75) is 25.8 Å². The van der Waals surface area contributed by atoms with Gasteiger partial charge in [0.15, 0.2) is 0 Å². The van der Waals surface area contributed by atoms with E-state index >= 15 is 0 Å². The van der Waals surface area contributed by atoms with Gasteiger partial charge in [-0.3, -0.25) is 4.79 Å². The summed E-state index contributed by atoms with van der Waals surface area (Å²) in [6.45, 7) is 4.19. The van der Waals surface area contributed by atoms with E-state index in [-0.39, 0.29) is 11.4 Å². The molecule has 0 radical (unpaired) electrons. The topological polar surface area (TPSA) is 20.3 Å². The van der Waals surface area contributed by atoms with Gasteiger partial charge in [0.2, 0.25) is 5.91 Å². The van der Waals surface area contributed by atoms with Crippen molar-refractivity contribution in [3.63, 3.8) is 0 Å². The molecule has 1 aromatic rings. The molecule has 0 N–H and O–H groups in total. The van der Waals surface area contributed by atoms with Crippen LogP contribution in [0, 0.1) is 0 Å². The Labute approximate surface area is 96.6 Å². The van der Waals surface area contributed by atoms with E-state index in [1.54, 1.807) is 0 Å². The van der Waals surface area contributed by atoms with Gasteiger partial charge in [0.1, 0.15) is 0 Å². The van der Waals surface area contributed by atoms with E-state index in [4.69, 9.17) is 0 Å². The zero-order valence-electron chi connectivity index (χ0n) is 10.0. The van der Waals surface area contributed by atoms with Gasteiger partial charge in [0, 0.05) is 24.6 Å². The number of hydrogen-bond acceptors (Lipinski definition) is 1. The lowest BCUT2D eigenvalue weighted by molar-refractivity contribution is -0.126. The first kappa shape index (κ1) is 10.9. The van der Waals surface area contributed by atoms with Crippen LogP contribution in [-0.4, -0.2) is 23.4 Å². The second-order valence-electron chi connectivity index (χ2n) is 4.93. The van der Waals surface area contributed by atoms with E-state index in [2.05, 4.69) is 13.8 Å². The van der Waals surface area contributed by atoms with Crippen LogP contribution in [0.1, 0.15) is 25.8 Å². The third-order valence-electron chi connectivity index (χ3n) is 3.25. The Balaban J connectivity index is 2.31. The molecule has 0 aromatic heterocycles. The monoisotopic (exact) mass is 215 g/mol. The van der Waals surface area contributed by atoms with Gasteiger partial charge in [-0.15, -0.1) is 0 Å². The molecule has 0 saturated carbocycles. The van der Waals surface area contributed by atoms with Crippen LogP contribution in [0.15, 0.2) is 35.9 Å². The molecular formula is C14H17NO. The number of rotatable bonds is 1. The summed E-state index contributed by atoms with van der Waals surface area (Å²) in [5, 5.41) is 0. The molecule has 0 unspecified atom stereocenters. The number of nitrogens with zero attached hydrogens (tertiary/aromatic N) is 1. The Morgan fingerprint density at radius 1 is 1.25 bits per heavy atom. The van der Waals surface area contributed by atoms with Crippen LogP contribution < -0.4 is 0 Å². The maximum Gasteiger partial charge on any atom is 0.250 e. The summed E-state index contributed by atoms with van der Waals surface area (Å²) in [4.78, 5) is 13.8. The highest BCUT2D eigenvalue weighted by molar-refractivity contribution is 6.00. The fourth-order valence-electron chi connectivity index (χ4n) is 2.01. The van der Waals surface area contributed by atoms with Gasteiger partial charge >= 0.3 is 0 Å². The maximum atomic E-state index is 12.0. The van der Waals surface area contributed by atoms with Crippen molar-refractivity contribution < 1.29 is 4.79 Å². The number of likely N-dealkylation sites (N-methyl/N-ethyl adjacent to an activating group) is 1. The quantitative estimate of drug-likeness (QED) is 0.660. The Kier molecular flexibility index (Phi) is 2.58. The molecule has 0 aliphatic carbocycles. The zero-order chi connectivity index (χ0) is 11.8. The van der Waals surface area contributed by atoms with Crippen molar-refractivity contribution >= 4 is 12.0 Å². The molecule has 2 nitrogen and oxygen atoms in total. The molecule has 1 saturated heterocycles. The van der Waals surface area contributed by atoms with Gasteiger partial charge in [-0.2, -0.15) is 0 Å². The van der Waals surface area contributed by atoms with Crippen molar-refractivity contribution in [3.05, 3.63) is 41.5 Å². The van der Waals surface area contributed by atoms with Gasteiger partial charge in [-0.05, 0) is 25.5 Å². The molecule has 2 rings (SSSR count). The Bertz CT molecular complexity index is 431. The number of carbonyl (C=O) groups excluding carboxylic acids is 1. The number of amides is 1. The van der Waals surface area contributed by atoms with Crippen LogP contribution in [0.25, 0.3) is 6.08 Å². The van der Waals surface area contributed by atoms with E-state index in [0.29, 0.717) is 0 Å². The molecule has 0 spiro atoms. The molecule has 1 fully saturated rings. The minimum atomic E-state index is -0.0578. The molecule has 1 aliphatic rings. The smallest absolute Gasteiger partial charge is 0.250 e. The van der Waals surface area contributed by atoms with E-state index < -0.39 is 0 Å². The molecule has 1 amide bonds. The first-order valence-electron chi connectivity index (χ1n) is 5.54. The van der Waals surface area contributed by atoms with Crippen molar-refractivity contribution in [3.8, 4) is 0 Å². The van der Waals surface area contributed by atoms with Crippen LogP contribution in [0.2, 0.25) is 0 Å². The molecule has 16 heavy (non-hydrogen) atoms. The zero-order valence-corrected chi connectivity index (χ0v) is 10.0. The van der Waals surface area contributed by atoms with Gasteiger partial charge in [0.25, 0.3) is 0 Å². The molecule has 0 bridgehead atoms. The third kappa shape index (κ3) is 1.87.